The van der Waals surface area contributed by atoms with E-state index in [4.69, 9.17) is 16.3 Å². The van der Waals surface area contributed by atoms with Crippen molar-refractivity contribution in [3.63, 3.8) is 0 Å². The van der Waals surface area contributed by atoms with Crippen molar-refractivity contribution in [2.24, 2.45) is 13.0 Å². The lowest BCUT2D eigenvalue weighted by molar-refractivity contribution is 0.0605. The topological polar surface area (TPSA) is 39.1 Å². The van der Waals surface area contributed by atoms with Crippen molar-refractivity contribution in [3.05, 3.63) is 16.4 Å². The average Bonchev–Trinajstić information content (AvgIpc) is 3.00. The molecule has 0 saturated carbocycles. The lowest BCUT2D eigenvalue weighted by atomic mass is 9.94. The van der Waals surface area contributed by atoms with Crippen molar-refractivity contribution in [2.75, 3.05) is 13.2 Å². The van der Waals surface area contributed by atoms with Crippen molar-refractivity contribution in [1.29, 1.82) is 0 Å². The number of aromatic nitrogens is 2. The lowest BCUT2D eigenvalue weighted by Gasteiger charge is -2.27. The molecule has 0 aliphatic carbocycles. The van der Waals surface area contributed by atoms with Gasteiger partial charge in [0.25, 0.3) is 0 Å². The molecule has 0 aromatic carbocycles. The van der Waals surface area contributed by atoms with Crippen LogP contribution in [0, 0.1) is 5.92 Å². The lowest BCUT2D eigenvalue weighted by Crippen LogP contribution is -2.44. The molecule has 1 aromatic heterocycles. The van der Waals surface area contributed by atoms with E-state index in [2.05, 4.69) is 31.2 Å². The number of hydrogen-bond donors (Lipinski definition) is 1. The first-order valence-corrected chi connectivity index (χ1v) is 8.51. The molecule has 0 radical (unpaired) electrons. The molecule has 1 aliphatic heterocycles. The summed E-state index contributed by atoms with van der Waals surface area (Å²) >= 11 is 6.50. The summed E-state index contributed by atoms with van der Waals surface area (Å²) in [6, 6.07) is 0.306. The quantitative estimate of drug-likeness (QED) is 0.841. The van der Waals surface area contributed by atoms with Crippen LogP contribution >= 0.6 is 11.6 Å². The van der Waals surface area contributed by atoms with Gasteiger partial charge < -0.3 is 10.1 Å². The Kier molecular flexibility index (Phi) is 6.08. The van der Waals surface area contributed by atoms with E-state index in [9.17, 15) is 0 Å². The molecule has 0 amide bonds. The van der Waals surface area contributed by atoms with Crippen LogP contribution in [0.5, 0.6) is 0 Å². The molecule has 0 spiro atoms. The molecule has 1 aliphatic rings. The van der Waals surface area contributed by atoms with E-state index in [1.165, 1.54) is 0 Å². The van der Waals surface area contributed by atoms with E-state index in [1.807, 2.05) is 11.7 Å². The van der Waals surface area contributed by atoms with Crippen LogP contribution in [0.4, 0.5) is 0 Å². The summed E-state index contributed by atoms with van der Waals surface area (Å²) in [7, 11) is 1.98. The van der Waals surface area contributed by atoms with Gasteiger partial charge in [0.2, 0.25) is 0 Å². The molecule has 1 aromatic rings. The second kappa shape index (κ2) is 7.61. The average molecular weight is 314 g/mol. The Labute approximate surface area is 133 Å². The SMILES string of the molecule is CCCNC(Cc1c(Cl)c(CC)nn1C)C1OCCC1C. The predicted octanol–water partition coefficient (Wildman–Crippen LogP) is 2.97. The Bertz CT molecular complexity index is 461. The van der Waals surface area contributed by atoms with Crippen molar-refractivity contribution >= 4 is 11.6 Å². The predicted molar refractivity (Wildman–Crippen MR) is 86.9 cm³/mol. The first-order chi connectivity index (χ1) is 10.1. The van der Waals surface area contributed by atoms with Gasteiger partial charge in [0.05, 0.1) is 22.5 Å². The normalized spacial score (nSPS) is 23.7. The molecular formula is C16H28ClN3O. The van der Waals surface area contributed by atoms with Gasteiger partial charge in [0.1, 0.15) is 0 Å². The smallest absolute Gasteiger partial charge is 0.0850 e. The molecular weight excluding hydrogens is 286 g/mol. The summed E-state index contributed by atoms with van der Waals surface area (Å²) in [5, 5.41) is 9.00. The standard InChI is InChI=1S/C16H28ClN3O/c1-5-8-18-13(16-11(3)7-9-21-16)10-14-15(17)12(6-2)19-20(14)4/h11,13,16,18H,5-10H2,1-4H3. The van der Waals surface area contributed by atoms with Gasteiger partial charge in [0, 0.05) is 26.1 Å². The number of aryl methyl sites for hydroxylation is 2. The third kappa shape index (κ3) is 3.79. The molecule has 2 rings (SSSR count). The van der Waals surface area contributed by atoms with Gasteiger partial charge >= 0.3 is 0 Å². The van der Waals surface area contributed by atoms with Crippen molar-refractivity contribution in [1.82, 2.24) is 15.1 Å². The molecule has 21 heavy (non-hydrogen) atoms. The third-order valence-electron chi connectivity index (χ3n) is 4.41. The van der Waals surface area contributed by atoms with Crippen molar-refractivity contribution < 1.29 is 4.74 Å². The Balaban J connectivity index is 2.16. The zero-order chi connectivity index (χ0) is 15.4. The van der Waals surface area contributed by atoms with Crippen LogP contribution in [0.3, 0.4) is 0 Å². The summed E-state index contributed by atoms with van der Waals surface area (Å²) in [4.78, 5) is 0. The van der Waals surface area contributed by atoms with E-state index in [-0.39, 0.29) is 6.10 Å². The van der Waals surface area contributed by atoms with Crippen LogP contribution in [0.1, 0.15) is 45.0 Å². The van der Waals surface area contributed by atoms with E-state index >= 15 is 0 Å². The van der Waals surface area contributed by atoms with E-state index in [0.29, 0.717) is 12.0 Å². The largest absolute Gasteiger partial charge is 0.376 e. The van der Waals surface area contributed by atoms with Gasteiger partial charge in [-0.25, -0.2) is 0 Å². The minimum Gasteiger partial charge on any atom is -0.376 e. The van der Waals surface area contributed by atoms with Gasteiger partial charge in [-0.1, -0.05) is 32.4 Å². The van der Waals surface area contributed by atoms with Gasteiger partial charge in [-0.05, 0) is 31.7 Å². The molecule has 3 atom stereocenters. The van der Waals surface area contributed by atoms with Crippen LogP contribution < -0.4 is 5.32 Å². The Morgan fingerprint density at radius 3 is 2.76 bits per heavy atom. The highest BCUT2D eigenvalue weighted by Gasteiger charge is 2.33. The van der Waals surface area contributed by atoms with Gasteiger partial charge in [0.15, 0.2) is 0 Å². The summed E-state index contributed by atoms with van der Waals surface area (Å²) in [6.45, 7) is 8.44. The highest BCUT2D eigenvalue weighted by Crippen LogP contribution is 2.28. The minimum absolute atomic E-state index is 0.271. The number of rotatable bonds is 7. The summed E-state index contributed by atoms with van der Waals surface area (Å²) in [6.07, 6.45) is 4.28. The molecule has 1 saturated heterocycles. The monoisotopic (exact) mass is 313 g/mol. The van der Waals surface area contributed by atoms with Gasteiger partial charge in [-0.2, -0.15) is 5.10 Å². The third-order valence-corrected chi connectivity index (χ3v) is 4.85. The summed E-state index contributed by atoms with van der Waals surface area (Å²) < 4.78 is 7.91. The molecule has 1 N–H and O–H groups in total. The minimum atomic E-state index is 0.271. The highest BCUT2D eigenvalue weighted by molar-refractivity contribution is 6.31. The first kappa shape index (κ1) is 16.8. The van der Waals surface area contributed by atoms with E-state index < -0.39 is 0 Å². The van der Waals surface area contributed by atoms with Crippen molar-refractivity contribution in [3.8, 4) is 0 Å². The fourth-order valence-electron chi connectivity index (χ4n) is 3.12. The fraction of sp³-hybridized carbons (Fsp3) is 0.812. The number of ether oxygens (including phenoxy) is 1. The maximum Gasteiger partial charge on any atom is 0.0850 e. The van der Waals surface area contributed by atoms with Crippen LogP contribution in [0.15, 0.2) is 0 Å². The van der Waals surface area contributed by atoms with Crippen molar-refractivity contribution in [2.45, 2.75) is 58.6 Å². The molecule has 0 bridgehead atoms. The van der Waals surface area contributed by atoms with E-state index in [1.54, 1.807) is 0 Å². The zero-order valence-corrected chi connectivity index (χ0v) is 14.4. The number of hydrogen-bond acceptors (Lipinski definition) is 3. The Morgan fingerprint density at radius 1 is 1.48 bits per heavy atom. The molecule has 2 heterocycles. The van der Waals surface area contributed by atoms with Crippen LogP contribution in [-0.2, 0) is 24.6 Å². The second-order valence-electron chi connectivity index (χ2n) is 6.05. The number of nitrogens with one attached hydrogen (secondary N) is 1. The molecule has 5 heteroatoms. The second-order valence-corrected chi connectivity index (χ2v) is 6.43. The highest BCUT2D eigenvalue weighted by atomic mass is 35.5. The molecule has 4 nitrogen and oxygen atoms in total. The van der Waals surface area contributed by atoms with Crippen LogP contribution in [-0.4, -0.2) is 35.1 Å². The summed E-state index contributed by atoms with van der Waals surface area (Å²) in [5.41, 5.74) is 2.11. The number of nitrogens with zero attached hydrogens (tertiary/aromatic N) is 2. The van der Waals surface area contributed by atoms with Crippen LogP contribution in [0.25, 0.3) is 0 Å². The summed E-state index contributed by atoms with van der Waals surface area (Å²) in [5.74, 6) is 0.594. The fourth-order valence-corrected chi connectivity index (χ4v) is 3.49. The number of halogens is 1. The van der Waals surface area contributed by atoms with Crippen LogP contribution in [0.2, 0.25) is 5.02 Å². The molecule has 3 unspecified atom stereocenters. The maximum atomic E-state index is 6.50. The van der Waals surface area contributed by atoms with Gasteiger partial charge in [-0.15, -0.1) is 0 Å². The zero-order valence-electron chi connectivity index (χ0n) is 13.7. The first-order valence-electron chi connectivity index (χ1n) is 8.13. The Hall–Kier alpha value is -0.580. The van der Waals surface area contributed by atoms with Gasteiger partial charge in [-0.3, -0.25) is 4.68 Å². The maximum absolute atomic E-state index is 6.50. The molecule has 120 valence electrons. The van der Waals surface area contributed by atoms with E-state index in [0.717, 1.165) is 55.2 Å². The molecule has 1 fully saturated rings. The Morgan fingerprint density at radius 2 is 2.24 bits per heavy atom.